The average molecular weight is 382 g/mol. The molecule has 0 fully saturated rings. The maximum absolute atomic E-state index is 12.1. The van der Waals surface area contributed by atoms with E-state index in [1.54, 1.807) is 19.1 Å². The molecule has 0 bridgehead atoms. The normalized spacial score (nSPS) is 11.6. The first kappa shape index (κ1) is 19.0. The fourth-order valence-electron chi connectivity index (χ4n) is 2.12. The summed E-state index contributed by atoms with van der Waals surface area (Å²) in [5.41, 5.74) is 6.52. The van der Waals surface area contributed by atoms with Crippen LogP contribution < -0.4 is 15.6 Å². The lowest BCUT2D eigenvalue weighted by molar-refractivity contribution is -0.128. The molecule has 0 saturated carbocycles. The second-order valence-electron chi connectivity index (χ2n) is 5.44. The fraction of sp³-hybridized carbons (Fsp3) is 0.235. The summed E-state index contributed by atoms with van der Waals surface area (Å²) >= 11 is 11.6. The van der Waals surface area contributed by atoms with E-state index in [-0.39, 0.29) is 10.7 Å². The number of nitrogens with one attached hydrogen (secondary N) is 2. The highest BCUT2D eigenvalue weighted by atomic mass is 35.5. The average Bonchev–Trinajstić information content (AvgIpc) is 2.56. The molecular weight excluding hydrogens is 365 g/mol. The summed E-state index contributed by atoms with van der Waals surface area (Å²) in [5.74, 6) is -0.423. The number of aryl methyl sites for hydroxylation is 2. The van der Waals surface area contributed by atoms with Crippen molar-refractivity contribution in [3.63, 3.8) is 0 Å². The number of hydrogen-bond donors (Lipinski definition) is 2. The molecule has 0 aliphatic carbocycles. The number of pyridine rings is 1. The highest BCUT2D eigenvalue weighted by Gasteiger charge is 2.18. The topological polar surface area (TPSA) is 80.3 Å². The number of carbonyl (C=O) groups excluding carboxylic acids is 2. The zero-order chi connectivity index (χ0) is 18.6. The van der Waals surface area contributed by atoms with E-state index in [0.29, 0.717) is 10.8 Å². The standard InChI is InChI=1S/C17H17Cl2N3O3/c1-9-6-13(18)7-10(2)15(9)25-11(3)16(23)21-22-17(24)12-4-5-14(19)20-8-12/h4-8,11H,1-3H3,(H,21,23)(H,22,24). The first-order chi connectivity index (χ1) is 11.8. The van der Waals surface area contributed by atoms with Crippen molar-refractivity contribution in [1.82, 2.24) is 15.8 Å². The van der Waals surface area contributed by atoms with Crippen molar-refractivity contribution in [2.45, 2.75) is 26.9 Å². The van der Waals surface area contributed by atoms with Crippen molar-refractivity contribution >= 4 is 35.0 Å². The Labute approximate surface area is 155 Å². The minimum Gasteiger partial charge on any atom is -0.480 e. The Bertz CT molecular complexity index is 771. The van der Waals surface area contributed by atoms with Crippen LogP contribution in [0.25, 0.3) is 0 Å². The van der Waals surface area contributed by atoms with Gasteiger partial charge in [0, 0.05) is 11.2 Å². The number of amides is 2. The summed E-state index contributed by atoms with van der Waals surface area (Å²) in [6.45, 7) is 5.26. The van der Waals surface area contributed by atoms with Gasteiger partial charge in [0.15, 0.2) is 6.10 Å². The van der Waals surface area contributed by atoms with E-state index in [2.05, 4.69) is 15.8 Å². The lowest BCUT2D eigenvalue weighted by atomic mass is 10.1. The minimum absolute atomic E-state index is 0.266. The zero-order valence-electron chi connectivity index (χ0n) is 13.9. The number of ether oxygens (including phenoxy) is 1. The molecule has 25 heavy (non-hydrogen) atoms. The molecule has 1 heterocycles. The number of nitrogens with zero attached hydrogens (tertiary/aromatic N) is 1. The molecule has 1 unspecified atom stereocenters. The highest BCUT2D eigenvalue weighted by molar-refractivity contribution is 6.30. The van der Waals surface area contributed by atoms with Crippen LogP contribution in [0.3, 0.4) is 0 Å². The molecule has 0 spiro atoms. The van der Waals surface area contributed by atoms with Crippen molar-refractivity contribution in [3.05, 3.63) is 57.3 Å². The van der Waals surface area contributed by atoms with Crippen LogP contribution in [0.1, 0.15) is 28.4 Å². The van der Waals surface area contributed by atoms with Crippen LogP contribution in [0.2, 0.25) is 10.2 Å². The number of benzene rings is 1. The van der Waals surface area contributed by atoms with Crippen molar-refractivity contribution in [2.24, 2.45) is 0 Å². The first-order valence-electron chi connectivity index (χ1n) is 7.43. The van der Waals surface area contributed by atoms with Crippen LogP contribution in [-0.4, -0.2) is 22.9 Å². The van der Waals surface area contributed by atoms with Gasteiger partial charge in [0.1, 0.15) is 10.9 Å². The second-order valence-corrected chi connectivity index (χ2v) is 6.27. The van der Waals surface area contributed by atoms with Crippen LogP contribution in [0.4, 0.5) is 0 Å². The van der Waals surface area contributed by atoms with Gasteiger partial charge in [-0.3, -0.25) is 20.4 Å². The Hall–Kier alpha value is -2.31. The molecule has 1 aromatic carbocycles. The summed E-state index contributed by atoms with van der Waals surface area (Å²) in [4.78, 5) is 27.8. The first-order valence-corrected chi connectivity index (χ1v) is 8.18. The monoisotopic (exact) mass is 381 g/mol. The van der Waals surface area contributed by atoms with E-state index in [1.165, 1.54) is 18.3 Å². The van der Waals surface area contributed by atoms with Crippen molar-refractivity contribution < 1.29 is 14.3 Å². The summed E-state index contributed by atoms with van der Waals surface area (Å²) in [6, 6.07) is 6.49. The molecule has 1 aromatic heterocycles. The van der Waals surface area contributed by atoms with Crippen LogP contribution in [0.15, 0.2) is 30.5 Å². The molecule has 8 heteroatoms. The van der Waals surface area contributed by atoms with Crippen molar-refractivity contribution in [1.29, 1.82) is 0 Å². The van der Waals surface area contributed by atoms with Crippen LogP contribution in [0, 0.1) is 13.8 Å². The SMILES string of the molecule is Cc1cc(Cl)cc(C)c1OC(C)C(=O)NNC(=O)c1ccc(Cl)nc1. The number of rotatable bonds is 4. The molecule has 0 saturated heterocycles. The molecule has 2 amide bonds. The summed E-state index contributed by atoms with van der Waals surface area (Å²) < 4.78 is 5.69. The van der Waals surface area contributed by atoms with E-state index in [0.717, 1.165) is 11.1 Å². The van der Waals surface area contributed by atoms with Crippen LogP contribution in [0.5, 0.6) is 5.75 Å². The van der Waals surface area contributed by atoms with Gasteiger partial charge in [0.2, 0.25) is 0 Å². The van der Waals surface area contributed by atoms with Crippen LogP contribution >= 0.6 is 23.2 Å². The Balaban J connectivity index is 1.94. The Morgan fingerprint density at radius 1 is 1.12 bits per heavy atom. The summed E-state index contributed by atoms with van der Waals surface area (Å²) in [6.07, 6.45) is 0.492. The number of hydrazine groups is 1. The van der Waals surface area contributed by atoms with E-state index in [9.17, 15) is 9.59 Å². The molecule has 2 aromatic rings. The maximum Gasteiger partial charge on any atom is 0.279 e. The van der Waals surface area contributed by atoms with Gasteiger partial charge in [0.05, 0.1) is 5.56 Å². The van der Waals surface area contributed by atoms with Gasteiger partial charge in [0.25, 0.3) is 11.8 Å². The fourth-order valence-corrected chi connectivity index (χ4v) is 2.56. The lowest BCUT2D eigenvalue weighted by Crippen LogP contribution is -2.47. The number of hydrogen-bond acceptors (Lipinski definition) is 4. The molecule has 0 radical (unpaired) electrons. The second kappa shape index (κ2) is 8.18. The smallest absolute Gasteiger partial charge is 0.279 e. The van der Waals surface area contributed by atoms with E-state index < -0.39 is 17.9 Å². The Morgan fingerprint density at radius 3 is 2.32 bits per heavy atom. The van der Waals surface area contributed by atoms with Crippen molar-refractivity contribution in [3.8, 4) is 5.75 Å². The van der Waals surface area contributed by atoms with Gasteiger partial charge < -0.3 is 4.74 Å². The lowest BCUT2D eigenvalue weighted by Gasteiger charge is -2.18. The van der Waals surface area contributed by atoms with Gasteiger partial charge in [-0.1, -0.05) is 23.2 Å². The van der Waals surface area contributed by atoms with E-state index in [1.807, 2.05) is 13.8 Å². The third-order valence-electron chi connectivity index (χ3n) is 3.38. The summed E-state index contributed by atoms with van der Waals surface area (Å²) in [7, 11) is 0. The number of halogens is 2. The maximum atomic E-state index is 12.1. The molecule has 0 aliphatic rings. The number of carbonyl (C=O) groups is 2. The molecule has 2 N–H and O–H groups in total. The predicted octanol–water partition coefficient (Wildman–Crippen LogP) is 3.23. The Morgan fingerprint density at radius 2 is 1.76 bits per heavy atom. The van der Waals surface area contributed by atoms with Gasteiger partial charge in [-0.2, -0.15) is 0 Å². The molecular formula is C17H17Cl2N3O3. The molecule has 1 atom stereocenters. The van der Waals surface area contributed by atoms with Crippen LogP contribution in [-0.2, 0) is 4.79 Å². The summed E-state index contributed by atoms with van der Waals surface area (Å²) in [5, 5.41) is 0.875. The van der Waals surface area contributed by atoms with Gasteiger partial charge >= 0.3 is 0 Å². The largest absolute Gasteiger partial charge is 0.480 e. The minimum atomic E-state index is -0.817. The molecule has 132 valence electrons. The third-order valence-corrected chi connectivity index (χ3v) is 3.82. The van der Waals surface area contributed by atoms with E-state index in [4.69, 9.17) is 27.9 Å². The number of aromatic nitrogens is 1. The molecule has 0 aliphatic heterocycles. The van der Waals surface area contributed by atoms with E-state index >= 15 is 0 Å². The zero-order valence-corrected chi connectivity index (χ0v) is 15.4. The quantitative estimate of drug-likeness (QED) is 0.629. The van der Waals surface area contributed by atoms with Gasteiger partial charge in [-0.25, -0.2) is 4.98 Å². The van der Waals surface area contributed by atoms with Crippen molar-refractivity contribution in [2.75, 3.05) is 0 Å². The highest BCUT2D eigenvalue weighted by Crippen LogP contribution is 2.27. The van der Waals surface area contributed by atoms with Gasteiger partial charge in [-0.15, -0.1) is 0 Å². The predicted molar refractivity (Wildman–Crippen MR) is 95.9 cm³/mol. The van der Waals surface area contributed by atoms with Gasteiger partial charge in [-0.05, 0) is 56.2 Å². The molecule has 2 rings (SSSR count). The third kappa shape index (κ3) is 5.08. The molecule has 6 nitrogen and oxygen atoms in total. The Kier molecular flexibility index (Phi) is 6.22.